The SMILES string of the molecule is CC1=C(c2ccc([C@H](C)NC(=O)C3C[C@@H](O)CN3C(=O)C(NC(=O)CCC(F)(F)CN3CCN(c4ccc(C(=O)N[C@H]5C(C)(C)[C@H](Oc6ccc(C#N)c(Cl)c6)C5(C)C)cn4)CC3)C(C)(C)C)cc2)CC=N1. The maximum atomic E-state index is 15.5. The predicted octanol–water partition coefficient (Wildman–Crippen LogP) is 7.33. The number of anilines is 1. The number of β-amino-alcohol motifs (C(OH)–C–C–N with tert-alkyl or cyclic N) is 1. The lowest BCUT2D eigenvalue weighted by Gasteiger charge is -2.63. The quantitative estimate of drug-likeness (QED) is 0.113. The monoisotopic (exact) mass is 1010 g/mol. The fourth-order valence-electron chi connectivity index (χ4n) is 10.9. The summed E-state index contributed by atoms with van der Waals surface area (Å²) in [7, 11) is 0. The van der Waals surface area contributed by atoms with Gasteiger partial charge in [-0.1, -0.05) is 84.3 Å². The molecule has 2 aromatic carbocycles. The van der Waals surface area contributed by atoms with Crippen LogP contribution in [0.25, 0.3) is 5.57 Å². The molecule has 1 aromatic heterocycles. The molecule has 4 N–H and O–H groups in total. The van der Waals surface area contributed by atoms with Crippen molar-refractivity contribution in [2.24, 2.45) is 21.2 Å². The molecule has 4 heterocycles. The summed E-state index contributed by atoms with van der Waals surface area (Å²) in [4.78, 5) is 68.5. The Bertz CT molecular complexity index is 2600. The molecular formula is C54H68ClF2N9O6. The van der Waals surface area contributed by atoms with E-state index in [-0.39, 0.29) is 31.0 Å². The summed E-state index contributed by atoms with van der Waals surface area (Å²) in [6, 6.07) is 15.5. The molecule has 4 aliphatic rings. The van der Waals surface area contributed by atoms with Gasteiger partial charge in [-0.15, -0.1) is 0 Å². The predicted molar refractivity (Wildman–Crippen MR) is 273 cm³/mol. The highest BCUT2D eigenvalue weighted by atomic mass is 35.5. The molecule has 386 valence electrons. The number of rotatable bonds is 16. The number of likely N-dealkylation sites (tertiary alicyclic amines) is 1. The summed E-state index contributed by atoms with van der Waals surface area (Å²) in [6.45, 7) is 18.0. The summed E-state index contributed by atoms with van der Waals surface area (Å²) in [5.74, 6) is -4.06. The van der Waals surface area contributed by atoms with Crippen molar-refractivity contribution in [1.29, 1.82) is 5.26 Å². The number of nitrogens with one attached hydrogen (secondary N) is 3. The fourth-order valence-corrected chi connectivity index (χ4v) is 11.1. The van der Waals surface area contributed by atoms with Gasteiger partial charge in [-0.25, -0.2) is 13.8 Å². The maximum Gasteiger partial charge on any atom is 0.261 e. The number of benzene rings is 2. The van der Waals surface area contributed by atoms with Gasteiger partial charge in [-0.3, -0.25) is 29.1 Å². The number of hydrogen-bond acceptors (Lipinski definition) is 11. The number of carbonyl (C=O) groups is 4. The van der Waals surface area contributed by atoms with Crippen LogP contribution in [0.15, 0.2) is 71.5 Å². The van der Waals surface area contributed by atoms with Crippen molar-refractivity contribution in [3.05, 3.63) is 93.8 Å². The highest BCUT2D eigenvalue weighted by Gasteiger charge is 2.64. The number of ether oxygens (including phenoxy) is 1. The minimum Gasteiger partial charge on any atom is -0.489 e. The number of aliphatic imine (C=N–C) groups is 1. The van der Waals surface area contributed by atoms with Gasteiger partial charge in [0.05, 0.1) is 34.8 Å². The number of pyridine rings is 1. The average Bonchev–Trinajstić information content (AvgIpc) is 3.95. The standard InChI is InChI=1S/C54H68ClF2N9O6/c1-32(34-10-12-35(13-11-34)40-19-21-59-33(40)2)61-47(70)42-26-38(67)30-66(42)48(71)45(51(3,4)5)62-44(68)18-20-54(56,57)31-64-22-24-65(25-23-64)43-17-15-37(29-60-43)46(69)63-49-52(6,7)50(53(49,8)9)72-39-16-14-36(28-58)41(55)27-39/h10-17,21,27,29,32,38,42,45,49-50,67H,18-20,22-26,30-31H2,1-9H3,(H,61,70)(H,62,68)(H,63,69)/t32-,38+,42?,45?,49-,50-/m0/s1. The second-order valence-corrected chi connectivity index (χ2v) is 22.4. The van der Waals surface area contributed by atoms with Crippen LogP contribution in [0.1, 0.15) is 121 Å². The highest BCUT2D eigenvalue weighted by Crippen LogP contribution is 2.55. The maximum absolute atomic E-state index is 15.5. The van der Waals surface area contributed by atoms with E-state index in [0.29, 0.717) is 53.9 Å². The number of amides is 4. The van der Waals surface area contributed by atoms with Crippen LogP contribution in [0, 0.1) is 27.6 Å². The molecule has 1 aliphatic carbocycles. The first-order chi connectivity index (χ1) is 33.8. The molecule has 7 rings (SSSR count). The summed E-state index contributed by atoms with van der Waals surface area (Å²) in [5, 5.41) is 29.1. The lowest BCUT2D eigenvalue weighted by molar-refractivity contribution is -0.164. The van der Waals surface area contributed by atoms with Crippen molar-refractivity contribution in [2.75, 3.05) is 44.2 Å². The number of carbonyl (C=O) groups excluding carboxylic acids is 4. The van der Waals surface area contributed by atoms with Crippen LogP contribution >= 0.6 is 11.6 Å². The Labute approximate surface area is 426 Å². The van der Waals surface area contributed by atoms with Crippen LogP contribution in [0.2, 0.25) is 5.02 Å². The second kappa shape index (κ2) is 21.2. The third kappa shape index (κ3) is 11.9. The van der Waals surface area contributed by atoms with Gasteiger partial charge in [0.25, 0.3) is 11.8 Å². The van der Waals surface area contributed by atoms with Crippen LogP contribution in [0.4, 0.5) is 14.6 Å². The van der Waals surface area contributed by atoms with Gasteiger partial charge in [0.1, 0.15) is 35.8 Å². The lowest BCUT2D eigenvalue weighted by Crippen LogP contribution is -2.74. The third-order valence-corrected chi connectivity index (χ3v) is 15.0. The first-order valence-corrected chi connectivity index (χ1v) is 25.1. The zero-order valence-corrected chi connectivity index (χ0v) is 43.4. The number of nitriles is 1. The molecule has 0 bridgehead atoms. The summed E-state index contributed by atoms with van der Waals surface area (Å²) < 4.78 is 37.4. The van der Waals surface area contributed by atoms with E-state index in [4.69, 9.17) is 16.3 Å². The van der Waals surface area contributed by atoms with Crippen LogP contribution in [0.5, 0.6) is 5.75 Å². The highest BCUT2D eigenvalue weighted by molar-refractivity contribution is 6.31. The van der Waals surface area contributed by atoms with Crippen LogP contribution in [0.3, 0.4) is 0 Å². The van der Waals surface area contributed by atoms with Crippen molar-refractivity contribution >= 4 is 52.8 Å². The van der Waals surface area contributed by atoms with E-state index in [0.717, 1.165) is 28.8 Å². The van der Waals surface area contributed by atoms with E-state index in [2.05, 4.69) is 25.9 Å². The van der Waals surface area contributed by atoms with E-state index in [1.54, 1.807) is 56.0 Å². The van der Waals surface area contributed by atoms with Crippen LogP contribution in [-0.2, 0) is 14.4 Å². The smallest absolute Gasteiger partial charge is 0.261 e. The number of halogens is 3. The first-order valence-electron chi connectivity index (χ1n) is 24.7. The molecule has 0 spiro atoms. The Hall–Kier alpha value is -5.96. The number of nitrogens with zero attached hydrogens (tertiary/aromatic N) is 6. The van der Waals surface area contributed by atoms with Crippen molar-refractivity contribution in [3.63, 3.8) is 0 Å². The normalized spacial score (nSPS) is 22.7. The molecular weight excluding hydrogens is 944 g/mol. The Balaban J connectivity index is 0.861. The van der Waals surface area contributed by atoms with Crippen molar-refractivity contribution in [3.8, 4) is 11.8 Å². The zero-order valence-electron chi connectivity index (χ0n) is 42.7. The summed E-state index contributed by atoms with van der Waals surface area (Å²) in [5.41, 5.74) is 3.01. The van der Waals surface area contributed by atoms with Gasteiger partial charge in [0.2, 0.25) is 17.7 Å². The molecule has 18 heteroatoms. The van der Waals surface area contributed by atoms with E-state index in [9.17, 15) is 29.5 Å². The molecule has 2 saturated heterocycles. The van der Waals surface area contributed by atoms with E-state index in [1.165, 1.54) is 11.1 Å². The number of aromatic nitrogens is 1. The van der Waals surface area contributed by atoms with E-state index in [1.807, 2.05) is 83.0 Å². The number of aliphatic hydroxyl groups is 1. The van der Waals surface area contributed by atoms with Crippen molar-refractivity contribution in [1.82, 2.24) is 30.7 Å². The molecule has 4 amide bonds. The molecule has 3 aromatic rings. The molecule has 3 fully saturated rings. The molecule has 0 radical (unpaired) electrons. The van der Waals surface area contributed by atoms with Gasteiger partial charge in [-0.05, 0) is 60.2 Å². The molecule has 4 atom stereocenters. The Morgan fingerprint density at radius 2 is 1.67 bits per heavy atom. The minimum atomic E-state index is -3.21. The fraction of sp³-hybridized carbons (Fsp3) is 0.537. The van der Waals surface area contributed by atoms with Gasteiger partial charge in [-0.2, -0.15) is 5.26 Å². The molecule has 1 saturated carbocycles. The van der Waals surface area contributed by atoms with Crippen LogP contribution in [-0.4, -0.2) is 125 Å². The zero-order chi connectivity index (χ0) is 52.5. The number of allylic oxidation sites excluding steroid dienone is 2. The van der Waals surface area contributed by atoms with Crippen molar-refractivity contribution in [2.45, 2.75) is 130 Å². The Morgan fingerprint density at radius 3 is 2.25 bits per heavy atom. The molecule has 3 aliphatic heterocycles. The number of alkyl halides is 2. The Morgan fingerprint density at radius 1 is 0.986 bits per heavy atom. The average molecular weight is 1010 g/mol. The van der Waals surface area contributed by atoms with Gasteiger partial charge in [0.15, 0.2) is 0 Å². The minimum absolute atomic E-state index is 0.0146. The van der Waals surface area contributed by atoms with Crippen molar-refractivity contribution < 1.29 is 37.8 Å². The third-order valence-electron chi connectivity index (χ3n) is 14.7. The number of aliphatic hydroxyl groups excluding tert-OH is 1. The lowest BCUT2D eigenvalue weighted by atomic mass is 9.49. The van der Waals surface area contributed by atoms with Gasteiger partial charge in [0, 0.05) is 99.5 Å². The van der Waals surface area contributed by atoms with Gasteiger partial charge < -0.3 is 35.6 Å². The largest absolute Gasteiger partial charge is 0.489 e. The van der Waals surface area contributed by atoms with E-state index < -0.39 is 83.5 Å². The molecule has 15 nitrogen and oxygen atoms in total. The van der Waals surface area contributed by atoms with Crippen LogP contribution < -0.4 is 25.6 Å². The summed E-state index contributed by atoms with van der Waals surface area (Å²) >= 11 is 6.24. The Kier molecular flexibility index (Phi) is 15.9. The van der Waals surface area contributed by atoms with Gasteiger partial charge >= 0.3 is 0 Å². The molecule has 2 unspecified atom stereocenters. The summed E-state index contributed by atoms with van der Waals surface area (Å²) in [6.07, 6.45) is 1.68. The number of hydrogen-bond donors (Lipinski definition) is 4. The number of piperazine rings is 1. The second-order valence-electron chi connectivity index (χ2n) is 22.0. The topological polar surface area (TPSA) is 193 Å². The van der Waals surface area contributed by atoms with E-state index >= 15 is 8.78 Å². The molecule has 72 heavy (non-hydrogen) atoms. The first kappa shape index (κ1) is 53.8.